The van der Waals surface area contributed by atoms with Crippen LogP contribution in [0.15, 0.2) is 4.99 Å². The molecule has 0 spiro atoms. The molecule has 7 atom stereocenters. The average molecular weight is 497 g/mol. The van der Waals surface area contributed by atoms with Crippen molar-refractivity contribution in [2.24, 2.45) is 10.9 Å². The van der Waals surface area contributed by atoms with E-state index >= 15 is 0 Å². The molecular formula is C26H48N4O5. The third-order valence-electron chi connectivity index (χ3n) is 7.79. The number of aliphatic carboxylic acids is 1. The van der Waals surface area contributed by atoms with Gasteiger partial charge in [-0.05, 0) is 38.6 Å². The molecule has 0 aliphatic carbocycles. The largest absolute Gasteiger partial charge is 0.550 e. The Hall–Kier alpha value is -1.39. The summed E-state index contributed by atoms with van der Waals surface area (Å²) in [5.41, 5.74) is -1.25. The number of quaternary nitrogens is 1. The van der Waals surface area contributed by atoms with E-state index in [0.29, 0.717) is 31.3 Å². The Morgan fingerprint density at radius 1 is 1.34 bits per heavy atom. The second kappa shape index (κ2) is 15.7. The molecule has 5 N–H and O–H groups in total. The van der Waals surface area contributed by atoms with Crippen LogP contribution in [0.5, 0.6) is 0 Å². The normalized spacial score (nSPS) is 29.1. The molecule has 0 aromatic rings. The first kappa shape index (κ1) is 29.8. The highest BCUT2D eigenvalue weighted by molar-refractivity contribution is 5.65. The number of likely N-dealkylation sites (N-methyl/N-ethyl adjacent to an activating group) is 1. The molecular weight excluding hydrogens is 448 g/mol. The molecule has 1 saturated heterocycles. The first-order valence-corrected chi connectivity index (χ1v) is 13.6. The molecule has 0 aromatic carbocycles. The number of nitrogens with one attached hydrogen (secondary N) is 3. The molecule has 2 aliphatic rings. The van der Waals surface area contributed by atoms with Crippen molar-refractivity contribution >= 4 is 18.5 Å². The maximum Gasteiger partial charge on any atom is 0.171 e. The summed E-state index contributed by atoms with van der Waals surface area (Å²) in [6.07, 6.45) is 10.9. The van der Waals surface area contributed by atoms with Crippen molar-refractivity contribution in [1.82, 2.24) is 10.6 Å². The van der Waals surface area contributed by atoms with Gasteiger partial charge in [0.2, 0.25) is 0 Å². The van der Waals surface area contributed by atoms with Crippen molar-refractivity contribution in [1.29, 1.82) is 0 Å². The van der Waals surface area contributed by atoms with Crippen molar-refractivity contribution in [3.05, 3.63) is 0 Å². The molecule has 9 heteroatoms. The number of piperidine rings is 1. The fourth-order valence-electron chi connectivity index (χ4n) is 5.68. The molecule has 202 valence electrons. The number of aliphatic hydroxyl groups is 2. The second-order valence-corrected chi connectivity index (χ2v) is 10.7. The number of rotatable bonds is 18. The Balaban J connectivity index is 1.73. The number of carboxylic acids is 1. The summed E-state index contributed by atoms with van der Waals surface area (Å²) < 4.78 is 0. The van der Waals surface area contributed by atoms with Crippen LogP contribution in [-0.2, 0) is 9.59 Å². The van der Waals surface area contributed by atoms with E-state index in [4.69, 9.17) is 0 Å². The number of nitrogens with zero attached hydrogens (tertiary/aromatic N) is 1. The van der Waals surface area contributed by atoms with E-state index in [1.807, 2.05) is 20.1 Å². The van der Waals surface area contributed by atoms with Crippen LogP contribution < -0.4 is 20.6 Å². The maximum atomic E-state index is 11.4. The van der Waals surface area contributed by atoms with Gasteiger partial charge in [0, 0.05) is 37.8 Å². The summed E-state index contributed by atoms with van der Waals surface area (Å²) >= 11 is 0. The highest BCUT2D eigenvalue weighted by Crippen LogP contribution is 2.25. The van der Waals surface area contributed by atoms with Crippen molar-refractivity contribution < 1.29 is 29.8 Å². The average Bonchev–Trinajstić information content (AvgIpc) is 3.33. The third-order valence-corrected chi connectivity index (χ3v) is 7.79. The number of carbonyl (C=O) groups excluding carboxylic acids is 2. The number of hydrogen-bond donors (Lipinski definition) is 5. The maximum absolute atomic E-state index is 11.4. The summed E-state index contributed by atoms with van der Waals surface area (Å²) in [6, 6.07) is 0.632. The molecule has 0 saturated carbocycles. The van der Waals surface area contributed by atoms with Gasteiger partial charge in [-0.25, -0.2) is 4.99 Å². The smallest absolute Gasteiger partial charge is 0.171 e. The molecule has 0 radical (unpaired) electrons. The lowest BCUT2D eigenvalue weighted by molar-refractivity contribution is -0.914. The Morgan fingerprint density at radius 2 is 2.09 bits per heavy atom. The molecule has 2 heterocycles. The summed E-state index contributed by atoms with van der Waals surface area (Å²) in [6.45, 7) is 6.56. The Labute approximate surface area is 210 Å². The van der Waals surface area contributed by atoms with E-state index in [1.165, 1.54) is 4.90 Å². The van der Waals surface area contributed by atoms with Gasteiger partial charge in [-0.2, -0.15) is 0 Å². The Bertz CT molecular complexity index is 656. The SMILES string of the molecule is CCNC[C@@](O)(CCCCCCC[C@H](CC=O)C[C@H]1N[C@@H](C)[C@H](O)C[C@@H]1[NH+]1CC=NC1)CC(=O)[O-]. The summed E-state index contributed by atoms with van der Waals surface area (Å²) in [4.78, 5) is 28.1. The van der Waals surface area contributed by atoms with Gasteiger partial charge in [0.25, 0.3) is 0 Å². The molecule has 0 bridgehead atoms. The topological polar surface area (TPSA) is 139 Å². The minimum Gasteiger partial charge on any atom is -0.550 e. The summed E-state index contributed by atoms with van der Waals surface area (Å²) in [5.74, 6) is -0.893. The summed E-state index contributed by atoms with van der Waals surface area (Å²) in [5, 5.41) is 38.7. The van der Waals surface area contributed by atoms with Crippen molar-refractivity contribution in [2.45, 2.75) is 114 Å². The number of aldehydes is 1. The van der Waals surface area contributed by atoms with Crippen molar-refractivity contribution in [3.8, 4) is 0 Å². The molecule has 1 unspecified atom stereocenters. The van der Waals surface area contributed by atoms with E-state index in [1.54, 1.807) is 0 Å². The molecule has 0 amide bonds. The molecule has 35 heavy (non-hydrogen) atoms. The zero-order valence-electron chi connectivity index (χ0n) is 21.7. The number of carbonyl (C=O) groups is 2. The highest BCUT2D eigenvalue weighted by atomic mass is 16.4. The number of aliphatic hydroxyl groups excluding tert-OH is 1. The van der Waals surface area contributed by atoms with Crippen LogP contribution in [0.1, 0.15) is 84.5 Å². The second-order valence-electron chi connectivity index (χ2n) is 10.7. The van der Waals surface area contributed by atoms with Gasteiger partial charge in [0.15, 0.2) is 6.67 Å². The van der Waals surface area contributed by atoms with Gasteiger partial charge in [-0.15, -0.1) is 0 Å². The van der Waals surface area contributed by atoms with Gasteiger partial charge >= 0.3 is 0 Å². The fourth-order valence-corrected chi connectivity index (χ4v) is 5.68. The van der Waals surface area contributed by atoms with E-state index in [2.05, 4.69) is 15.6 Å². The van der Waals surface area contributed by atoms with Crippen LogP contribution in [0.25, 0.3) is 0 Å². The summed E-state index contributed by atoms with van der Waals surface area (Å²) in [7, 11) is 0. The van der Waals surface area contributed by atoms with Crippen LogP contribution in [0.2, 0.25) is 0 Å². The monoisotopic (exact) mass is 496 g/mol. The number of unbranched alkanes of at least 4 members (excludes halogenated alkanes) is 4. The van der Waals surface area contributed by atoms with Crippen LogP contribution in [-0.4, -0.2) is 84.8 Å². The predicted molar refractivity (Wildman–Crippen MR) is 134 cm³/mol. The quantitative estimate of drug-likeness (QED) is 0.124. The van der Waals surface area contributed by atoms with Gasteiger partial charge in [0.1, 0.15) is 18.9 Å². The van der Waals surface area contributed by atoms with Gasteiger partial charge in [0.05, 0.1) is 24.0 Å². The van der Waals surface area contributed by atoms with Crippen molar-refractivity contribution in [3.63, 3.8) is 0 Å². The third kappa shape index (κ3) is 10.6. The highest BCUT2D eigenvalue weighted by Gasteiger charge is 2.41. The zero-order chi connectivity index (χ0) is 25.7. The number of hydrogen-bond acceptors (Lipinski definition) is 8. The minimum absolute atomic E-state index is 0.0548. The van der Waals surface area contributed by atoms with E-state index in [0.717, 1.165) is 70.9 Å². The van der Waals surface area contributed by atoms with E-state index < -0.39 is 11.6 Å². The molecule has 2 rings (SSSR count). The number of aliphatic imine (C=N–C) groups is 1. The van der Waals surface area contributed by atoms with Gasteiger partial charge in [-0.3, -0.25) is 0 Å². The van der Waals surface area contributed by atoms with Gasteiger partial charge < -0.3 is 40.4 Å². The van der Waals surface area contributed by atoms with Crippen LogP contribution in [0.4, 0.5) is 0 Å². The van der Waals surface area contributed by atoms with Crippen LogP contribution in [0, 0.1) is 5.92 Å². The first-order valence-electron chi connectivity index (χ1n) is 13.6. The molecule has 2 aliphatic heterocycles. The fraction of sp³-hybridized carbons (Fsp3) is 0.885. The lowest BCUT2D eigenvalue weighted by atomic mass is 9.83. The van der Waals surface area contributed by atoms with Gasteiger partial charge in [-0.1, -0.05) is 39.0 Å². The van der Waals surface area contributed by atoms with Crippen LogP contribution >= 0.6 is 0 Å². The molecule has 9 nitrogen and oxygen atoms in total. The molecule has 1 fully saturated rings. The number of carboxylic acid groups (broad SMARTS) is 1. The van der Waals surface area contributed by atoms with Crippen LogP contribution in [0.3, 0.4) is 0 Å². The Kier molecular flexibility index (Phi) is 13.4. The minimum atomic E-state index is -1.25. The molecule has 0 aromatic heterocycles. The predicted octanol–water partition coefficient (Wildman–Crippen LogP) is -0.800. The zero-order valence-corrected chi connectivity index (χ0v) is 21.7. The van der Waals surface area contributed by atoms with E-state index in [9.17, 15) is 24.9 Å². The standard InChI is InChI=1S/C26H48N4O5/c1-3-27-18-26(35,17-25(33)34)11-8-6-4-5-7-9-21(10-14-31)15-22-23(30-13-12-28-19-30)16-24(32)20(2)29-22/h12,14,20-24,27,29,32,35H,3-11,13,15-19H2,1-2H3,(H,33,34)/t20-,21+,22+,23-,24+,26+/m0/s1. The van der Waals surface area contributed by atoms with Crippen molar-refractivity contribution in [2.75, 3.05) is 26.3 Å². The lowest BCUT2D eigenvalue weighted by Crippen LogP contribution is -3.16. The Morgan fingerprint density at radius 3 is 2.74 bits per heavy atom. The first-order chi connectivity index (χ1) is 16.8. The van der Waals surface area contributed by atoms with E-state index in [-0.39, 0.29) is 31.2 Å². The lowest BCUT2D eigenvalue weighted by Gasteiger charge is -2.42.